The number of rotatable bonds is 4. The molecule has 1 heterocycles. The summed E-state index contributed by atoms with van der Waals surface area (Å²) >= 11 is 0. The maximum atomic E-state index is 5.58. The van der Waals surface area contributed by atoms with Crippen LogP contribution in [0.15, 0.2) is 36.7 Å². The summed E-state index contributed by atoms with van der Waals surface area (Å²) < 4.78 is 1.95. The number of aromatic nitrogens is 2. The van der Waals surface area contributed by atoms with E-state index in [0.29, 0.717) is 12.5 Å². The summed E-state index contributed by atoms with van der Waals surface area (Å²) in [5.41, 5.74) is 9.37. The van der Waals surface area contributed by atoms with E-state index in [9.17, 15) is 0 Å². The van der Waals surface area contributed by atoms with Gasteiger partial charge in [-0.1, -0.05) is 38.1 Å². The molecule has 0 bridgehead atoms. The molecular formula is C14H19N3. The van der Waals surface area contributed by atoms with Crippen molar-refractivity contribution in [1.82, 2.24) is 9.78 Å². The fraction of sp³-hybridized carbons (Fsp3) is 0.357. The van der Waals surface area contributed by atoms with Crippen molar-refractivity contribution in [2.24, 2.45) is 5.73 Å². The van der Waals surface area contributed by atoms with Gasteiger partial charge in [-0.25, -0.2) is 0 Å². The van der Waals surface area contributed by atoms with Gasteiger partial charge in [-0.15, -0.1) is 0 Å². The van der Waals surface area contributed by atoms with Crippen molar-refractivity contribution in [3.8, 4) is 0 Å². The number of nitrogens with zero attached hydrogens (tertiary/aromatic N) is 2. The number of hydrogen-bond acceptors (Lipinski definition) is 2. The maximum Gasteiger partial charge on any atom is 0.0662 e. The highest BCUT2D eigenvalue weighted by Gasteiger charge is 2.06. The molecule has 0 aliphatic heterocycles. The van der Waals surface area contributed by atoms with Crippen LogP contribution < -0.4 is 5.73 Å². The molecule has 0 radical (unpaired) electrons. The number of nitrogens with two attached hydrogens (primary N) is 1. The Morgan fingerprint density at radius 3 is 2.71 bits per heavy atom. The fourth-order valence-electron chi connectivity index (χ4n) is 2.01. The van der Waals surface area contributed by atoms with Crippen molar-refractivity contribution in [1.29, 1.82) is 0 Å². The van der Waals surface area contributed by atoms with Crippen LogP contribution in [0, 0.1) is 0 Å². The zero-order valence-electron chi connectivity index (χ0n) is 10.4. The van der Waals surface area contributed by atoms with Gasteiger partial charge >= 0.3 is 0 Å². The Kier molecular flexibility index (Phi) is 3.59. The van der Waals surface area contributed by atoms with Crippen molar-refractivity contribution in [2.45, 2.75) is 32.9 Å². The minimum atomic E-state index is 0.538. The molecule has 0 aliphatic carbocycles. The average molecular weight is 229 g/mol. The van der Waals surface area contributed by atoms with Gasteiger partial charge in [0.2, 0.25) is 0 Å². The van der Waals surface area contributed by atoms with Crippen molar-refractivity contribution in [3.63, 3.8) is 0 Å². The van der Waals surface area contributed by atoms with E-state index in [0.717, 1.165) is 12.1 Å². The topological polar surface area (TPSA) is 43.8 Å². The molecule has 0 aliphatic rings. The molecule has 17 heavy (non-hydrogen) atoms. The smallest absolute Gasteiger partial charge is 0.0662 e. The summed E-state index contributed by atoms with van der Waals surface area (Å²) in [6.07, 6.45) is 3.84. The van der Waals surface area contributed by atoms with Gasteiger partial charge in [-0.05, 0) is 17.0 Å². The van der Waals surface area contributed by atoms with Gasteiger partial charge in [-0.2, -0.15) is 5.10 Å². The van der Waals surface area contributed by atoms with Crippen molar-refractivity contribution in [2.75, 3.05) is 0 Å². The third-order valence-electron chi connectivity index (χ3n) is 2.93. The Bertz CT molecular complexity index is 486. The first-order valence-electron chi connectivity index (χ1n) is 6.00. The SMILES string of the molecule is CC(C)c1ccccc1Cn1cc(CN)cn1. The highest BCUT2D eigenvalue weighted by Crippen LogP contribution is 2.19. The highest BCUT2D eigenvalue weighted by atomic mass is 15.3. The maximum absolute atomic E-state index is 5.58. The van der Waals surface area contributed by atoms with Crippen LogP contribution in [0.4, 0.5) is 0 Å². The minimum absolute atomic E-state index is 0.538. The molecule has 1 aromatic heterocycles. The predicted molar refractivity (Wildman–Crippen MR) is 69.8 cm³/mol. The molecule has 2 N–H and O–H groups in total. The lowest BCUT2D eigenvalue weighted by Crippen LogP contribution is -2.04. The fourth-order valence-corrected chi connectivity index (χ4v) is 2.01. The molecule has 0 unspecified atom stereocenters. The van der Waals surface area contributed by atoms with Crippen LogP contribution in [0.25, 0.3) is 0 Å². The summed E-state index contributed by atoms with van der Waals surface area (Å²) in [5, 5.41) is 4.32. The van der Waals surface area contributed by atoms with Crippen molar-refractivity contribution in [3.05, 3.63) is 53.3 Å². The van der Waals surface area contributed by atoms with Crippen LogP contribution in [-0.2, 0) is 13.1 Å². The molecule has 0 fully saturated rings. The third-order valence-corrected chi connectivity index (χ3v) is 2.93. The first-order chi connectivity index (χ1) is 8.20. The Morgan fingerprint density at radius 1 is 1.29 bits per heavy atom. The van der Waals surface area contributed by atoms with E-state index in [1.54, 1.807) is 0 Å². The zero-order valence-corrected chi connectivity index (χ0v) is 10.4. The largest absolute Gasteiger partial charge is 0.326 e. The van der Waals surface area contributed by atoms with E-state index < -0.39 is 0 Å². The van der Waals surface area contributed by atoms with Crippen LogP contribution >= 0.6 is 0 Å². The summed E-state index contributed by atoms with van der Waals surface area (Å²) in [6, 6.07) is 8.52. The van der Waals surface area contributed by atoms with Gasteiger partial charge < -0.3 is 5.73 Å². The Balaban J connectivity index is 2.23. The molecule has 0 spiro atoms. The zero-order chi connectivity index (χ0) is 12.3. The monoisotopic (exact) mass is 229 g/mol. The normalized spacial score (nSPS) is 11.1. The summed E-state index contributed by atoms with van der Waals surface area (Å²) in [7, 11) is 0. The van der Waals surface area contributed by atoms with Gasteiger partial charge in [0.15, 0.2) is 0 Å². The van der Waals surface area contributed by atoms with Crippen LogP contribution in [0.1, 0.15) is 36.5 Å². The van der Waals surface area contributed by atoms with Crippen molar-refractivity contribution < 1.29 is 0 Å². The van der Waals surface area contributed by atoms with Gasteiger partial charge in [0.25, 0.3) is 0 Å². The number of benzene rings is 1. The predicted octanol–water partition coefficient (Wildman–Crippen LogP) is 2.51. The number of hydrogen-bond donors (Lipinski definition) is 1. The molecular weight excluding hydrogens is 210 g/mol. The first-order valence-corrected chi connectivity index (χ1v) is 6.00. The molecule has 0 saturated carbocycles. The molecule has 90 valence electrons. The summed E-state index contributed by atoms with van der Waals surface area (Å²) in [4.78, 5) is 0. The van der Waals surface area contributed by atoms with Crippen LogP contribution in [0.2, 0.25) is 0 Å². The van der Waals surface area contributed by atoms with E-state index in [1.165, 1.54) is 11.1 Å². The van der Waals surface area contributed by atoms with E-state index in [4.69, 9.17) is 5.73 Å². The molecule has 2 rings (SSSR count). The molecule has 2 aromatic rings. The molecule has 3 nitrogen and oxygen atoms in total. The van der Waals surface area contributed by atoms with E-state index in [1.807, 2.05) is 17.1 Å². The van der Waals surface area contributed by atoms with Crippen LogP contribution in [0.5, 0.6) is 0 Å². The lowest BCUT2D eigenvalue weighted by molar-refractivity contribution is 0.674. The second-order valence-corrected chi connectivity index (χ2v) is 4.60. The lowest BCUT2D eigenvalue weighted by Gasteiger charge is -2.12. The molecule has 0 atom stereocenters. The first kappa shape index (κ1) is 11.9. The average Bonchev–Trinajstić information content (AvgIpc) is 2.77. The second-order valence-electron chi connectivity index (χ2n) is 4.60. The summed E-state index contributed by atoms with van der Waals surface area (Å²) in [6.45, 7) is 5.79. The summed E-state index contributed by atoms with van der Waals surface area (Å²) in [5.74, 6) is 0.538. The minimum Gasteiger partial charge on any atom is -0.326 e. The Morgan fingerprint density at radius 2 is 2.06 bits per heavy atom. The van der Waals surface area contributed by atoms with E-state index >= 15 is 0 Å². The Labute approximate surface area is 102 Å². The van der Waals surface area contributed by atoms with Gasteiger partial charge in [0, 0.05) is 18.3 Å². The van der Waals surface area contributed by atoms with E-state index in [2.05, 4.69) is 43.2 Å². The van der Waals surface area contributed by atoms with Crippen LogP contribution in [-0.4, -0.2) is 9.78 Å². The highest BCUT2D eigenvalue weighted by molar-refractivity contribution is 5.29. The molecule has 0 amide bonds. The van der Waals surface area contributed by atoms with E-state index in [-0.39, 0.29) is 0 Å². The lowest BCUT2D eigenvalue weighted by atomic mass is 9.97. The van der Waals surface area contributed by atoms with Gasteiger partial charge in [0.05, 0.1) is 12.7 Å². The van der Waals surface area contributed by atoms with Crippen LogP contribution in [0.3, 0.4) is 0 Å². The molecule has 1 aromatic carbocycles. The quantitative estimate of drug-likeness (QED) is 0.875. The standard InChI is InChI=1S/C14H19N3/c1-11(2)14-6-4-3-5-13(14)10-17-9-12(7-15)8-16-17/h3-6,8-9,11H,7,10,15H2,1-2H3. The van der Waals surface area contributed by atoms with Gasteiger partial charge in [0.1, 0.15) is 0 Å². The Hall–Kier alpha value is -1.61. The van der Waals surface area contributed by atoms with Crippen molar-refractivity contribution >= 4 is 0 Å². The molecule has 3 heteroatoms. The third kappa shape index (κ3) is 2.74. The van der Waals surface area contributed by atoms with Gasteiger partial charge in [-0.3, -0.25) is 4.68 Å². The second kappa shape index (κ2) is 5.15. The molecule has 0 saturated heterocycles.